The monoisotopic (exact) mass is 502 g/mol. The molecule has 0 saturated heterocycles. The lowest BCUT2D eigenvalue weighted by molar-refractivity contribution is -0.138. The molecule has 0 aliphatic carbocycles. The van der Waals surface area contributed by atoms with Gasteiger partial charge in [-0.15, -0.1) is 0 Å². The predicted molar refractivity (Wildman–Crippen MR) is 119 cm³/mol. The van der Waals surface area contributed by atoms with Crippen molar-refractivity contribution >= 4 is 46.5 Å². The highest BCUT2D eigenvalue weighted by Crippen LogP contribution is 2.32. The average molecular weight is 503 g/mol. The molecular formula is C23H14Cl2F6N2. The summed E-state index contributed by atoms with van der Waals surface area (Å²) in [4.78, 5) is 4.11. The first-order chi connectivity index (χ1) is 15.4. The van der Waals surface area contributed by atoms with Gasteiger partial charge in [-0.05, 0) is 72.3 Å². The van der Waals surface area contributed by atoms with Crippen molar-refractivity contribution in [3.63, 3.8) is 0 Å². The van der Waals surface area contributed by atoms with Gasteiger partial charge in [0.1, 0.15) is 0 Å². The van der Waals surface area contributed by atoms with Gasteiger partial charge in [-0.25, -0.2) is 0 Å². The van der Waals surface area contributed by atoms with Gasteiger partial charge in [-0.3, -0.25) is 4.99 Å². The zero-order chi connectivity index (χ0) is 24.2. The van der Waals surface area contributed by atoms with Crippen LogP contribution in [0.5, 0.6) is 0 Å². The summed E-state index contributed by atoms with van der Waals surface area (Å²) in [6.07, 6.45) is -6.06. The van der Waals surface area contributed by atoms with Crippen LogP contribution >= 0.6 is 23.2 Å². The first-order valence-corrected chi connectivity index (χ1v) is 10.0. The summed E-state index contributed by atoms with van der Waals surface area (Å²) in [6, 6.07) is 13.4. The molecule has 172 valence electrons. The van der Waals surface area contributed by atoms with Crippen LogP contribution in [-0.2, 0) is 12.4 Å². The van der Waals surface area contributed by atoms with E-state index in [1.807, 2.05) is 0 Å². The Morgan fingerprint density at radius 3 is 1.79 bits per heavy atom. The molecule has 0 aliphatic heterocycles. The molecule has 0 amide bonds. The van der Waals surface area contributed by atoms with E-state index in [-0.39, 0.29) is 10.7 Å². The Morgan fingerprint density at radius 1 is 0.727 bits per heavy atom. The van der Waals surface area contributed by atoms with Crippen LogP contribution in [0.1, 0.15) is 16.7 Å². The molecule has 1 N–H and O–H groups in total. The number of nitrogens with one attached hydrogen (secondary N) is 1. The molecule has 0 unspecified atom stereocenters. The van der Waals surface area contributed by atoms with Gasteiger partial charge in [-0.2, -0.15) is 26.3 Å². The van der Waals surface area contributed by atoms with Crippen LogP contribution in [0.2, 0.25) is 10.0 Å². The van der Waals surface area contributed by atoms with Crippen LogP contribution in [0.4, 0.5) is 37.7 Å². The lowest BCUT2D eigenvalue weighted by Crippen LogP contribution is -2.05. The fraction of sp³-hybridized carbons (Fsp3) is 0.0870. The molecule has 0 radical (unpaired) electrons. The van der Waals surface area contributed by atoms with Crippen LogP contribution in [0, 0.1) is 0 Å². The summed E-state index contributed by atoms with van der Waals surface area (Å²) in [5, 5.41) is 3.56. The Hall–Kier alpha value is -2.97. The third-order valence-electron chi connectivity index (χ3n) is 4.38. The summed E-state index contributed by atoms with van der Waals surface area (Å²) in [7, 11) is 0. The highest BCUT2D eigenvalue weighted by Gasteiger charge is 2.30. The second kappa shape index (κ2) is 9.89. The summed E-state index contributed by atoms with van der Waals surface area (Å²) in [6.45, 7) is 0. The fourth-order valence-corrected chi connectivity index (χ4v) is 3.00. The van der Waals surface area contributed by atoms with Crippen molar-refractivity contribution in [2.45, 2.75) is 12.4 Å². The van der Waals surface area contributed by atoms with Crippen molar-refractivity contribution in [1.82, 2.24) is 0 Å². The van der Waals surface area contributed by atoms with E-state index in [2.05, 4.69) is 10.3 Å². The minimum atomic E-state index is -4.46. The minimum absolute atomic E-state index is 0.258. The van der Waals surface area contributed by atoms with Crippen LogP contribution in [-0.4, -0.2) is 6.21 Å². The lowest BCUT2D eigenvalue weighted by Gasteiger charge is -2.13. The maximum absolute atomic E-state index is 12.8. The first-order valence-electron chi connectivity index (χ1n) is 9.25. The number of rotatable bonds is 5. The van der Waals surface area contributed by atoms with E-state index in [4.69, 9.17) is 23.2 Å². The van der Waals surface area contributed by atoms with E-state index in [1.54, 1.807) is 18.2 Å². The molecule has 0 spiro atoms. The van der Waals surface area contributed by atoms with E-state index in [1.165, 1.54) is 36.6 Å². The molecule has 0 atom stereocenters. The van der Waals surface area contributed by atoms with Gasteiger partial charge >= 0.3 is 12.4 Å². The van der Waals surface area contributed by atoms with E-state index < -0.39 is 23.5 Å². The molecule has 0 heterocycles. The summed E-state index contributed by atoms with van der Waals surface area (Å²) >= 11 is 12.0. The Kier molecular flexibility index (Phi) is 7.39. The quantitative estimate of drug-likeness (QED) is 0.273. The Morgan fingerprint density at radius 2 is 1.27 bits per heavy atom. The average Bonchev–Trinajstić information content (AvgIpc) is 2.74. The maximum atomic E-state index is 12.8. The van der Waals surface area contributed by atoms with Gasteiger partial charge < -0.3 is 5.32 Å². The second-order valence-corrected chi connectivity index (χ2v) is 7.55. The maximum Gasteiger partial charge on any atom is 0.416 e. The molecule has 0 bridgehead atoms. The van der Waals surface area contributed by atoms with E-state index in [0.717, 1.165) is 24.3 Å². The zero-order valence-electron chi connectivity index (χ0n) is 16.5. The van der Waals surface area contributed by atoms with Crippen LogP contribution in [0.25, 0.3) is 5.70 Å². The van der Waals surface area contributed by atoms with Crippen LogP contribution in [0.15, 0.2) is 77.8 Å². The van der Waals surface area contributed by atoms with Gasteiger partial charge in [-0.1, -0.05) is 29.3 Å². The third kappa shape index (κ3) is 6.76. The summed E-state index contributed by atoms with van der Waals surface area (Å²) in [5.41, 5.74) is 0.0344. The van der Waals surface area contributed by atoms with Crippen LogP contribution < -0.4 is 5.32 Å². The molecular weight excluding hydrogens is 489 g/mol. The Labute approximate surface area is 195 Å². The number of hydrogen-bond donors (Lipinski definition) is 1. The topological polar surface area (TPSA) is 24.4 Å². The summed E-state index contributed by atoms with van der Waals surface area (Å²) in [5.74, 6) is 0. The molecule has 0 saturated carbocycles. The largest absolute Gasteiger partial charge is 0.416 e. The molecule has 0 aromatic heterocycles. The lowest BCUT2D eigenvalue weighted by atomic mass is 10.1. The number of hydrogen-bond acceptors (Lipinski definition) is 2. The molecule has 2 nitrogen and oxygen atoms in total. The Balaban J connectivity index is 1.89. The zero-order valence-corrected chi connectivity index (χ0v) is 18.0. The smallest absolute Gasteiger partial charge is 0.355 e. The van der Waals surface area contributed by atoms with Crippen molar-refractivity contribution in [3.05, 3.63) is 99.5 Å². The van der Waals surface area contributed by atoms with Crippen LogP contribution in [0.3, 0.4) is 0 Å². The molecule has 0 fully saturated rings. The minimum Gasteiger partial charge on any atom is -0.355 e. The SMILES string of the molecule is FC(F)(F)c1ccc(N=CC=C(Nc2ccc(C(F)(F)F)cc2)c2ccc(Cl)c(Cl)c2)cc1. The number of aliphatic imine (C=N–C) groups is 1. The number of halogens is 8. The van der Waals surface area contributed by atoms with Crippen molar-refractivity contribution in [1.29, 1.82) is 0 Å². The number of allylic oxidation sites excluding steroid dienone is 1. The van der Waals surface area contributed by atoms with E-state index in [9.17, 15) is 26.3 Å². The molecule has 33 heavy (non-hydrogen) atoms. The van der Waals surface area contributed by atoms with E-state index >= 15 is 0 Å². The third-order valence-corrected chi connectivity index (χ3v) is 5.12. The molecule has 3 rings (SSSR count). The number of nitrogens with zero attached hydrogens (tertiary/aromatic N) is 1. The molecule has 10 heteroatoms. The van der Waals surface area contributed by atoms with Gasteiger partial charge in [0, 0.05) is 17.6 Å². The molecule has 3 aromatic carbocycles. The molecule has 3 aromatic rings. The predicted octanol–water partition coefficient (Wildman–Crippen LogP) is 8.89. The highest BCUT2D eigenvalue weighted by molar-refractivity contribution is 6.42. The van der Waals surface area contributed by atoms with Gasteiger partial charge in [0.25, 0.3) is 0 Å². The van der Waals surface area contributed by atoms with E-state index in [0.29, 0.717) is 22.0 Å². The van der Waals surface area contributed by atoms with Gasteiger partial charge in [0.15, 0.2) is 0 Å². The Bertz CT molecular complexity index is 1170. The number of anilines is 1. The fourth-order valence-electron chi connectivity index (χ4n) is 2.71. The van der Waals surface area contributed by atoms with Crippen molar-refractivity contribution in [2.24, 2.45) is 4.99 Å². The number of benzene rings is 3. The summed E-state index contributed by atoms with van der Waals surface area (Å²) < 4.78 is 76.5. The number of alkyl halides is 6. The van der Waals surface area contributed by atoms with Crippen molar-refractivity contribution in [3.8, 4) is 0 Å². The second-order valence-electron chi connectivity index (χ2n) is 6.73. The first kappa shape index (κ1) is 24.7. The van der Waals surface area contributed by atoms with Gasteiger partial charge in [0.2, 0.25) is 0 Å². The highest BCUT2D eigenvalue weighted by atomic mass is 35.5. The normalized spacial score (nSPS) is 12.9. The molecule has 0 aliphatic rings. The van der Waals surface area contributed by atoms with Crippen molar-refractivity contribution in [2.75, 3.05) is 5.32 Å². The standard InChI is InChI=1S/C23H14Cl2F6N2/c24-19-10-1-14(13-20(19)25)21(33-18-8-4-16(5-9-18)23(29,30)31)11-12-32-17-6-2-15(3-7-17)22(26,27)28/h1-13,33H. The van der Waals surface area contributed by atoms with Gasteiger partial charge in [0.05, 0.1) is 26.9 Å². The van der Waals surface area contributed by atoms with Crippen molar-refractivity contribution < 1.29 is 26.3 Å².